The normalized spacial score (nSPS) is 18.0. The zero-order valence-corrected chi connectivity index (χ0v) is 11.0. The van der Waals surface area contributed by atoms with Gasteiger partial charge in [-0.2, -0.15) is 4.98 Å². The van der Waals surface area contributed by atoms with Crippen molar-refractivity contribution in [1.82, 2.24) is 10.1 Å². The summed E-state index contributed by atoms with van der Waals surface area (Å²) in [6.07, 6.45) is 4.88. The number of ether oxygens (including phenoxy) is 1. The third-order valence-electron chi connectivity index (χ3n) is 3.07. The fraction of sp³-hybridized carbons (Fsp3) is 0.818. The van der Waals surface area contributed by atoms with E-state index in [9.17, 15) is 0 Å². The van der Waals surface area contributed by atoms with Crippen LogP contribution in [0.1, 0.15) is 44.3 Å². The first-order valence-electron chi connectivity index (χ1n) is 5.94. The van der Waals surface area contributed by atoms with Crippen LogP contribution in [0.5, 0.6) is 0 Å². The molecule has 5 nitrogen and oxygen atoms in total. The molecule has 17 heavy (non-hydrogen) atoms. The van der Waals surface area contributed by atoms with Crippen LogP contribution in [-0.2, 0) is 16.7 Å². The summed E-state index contributed by atoms with van der Waals surface area (Å²) >= 11 is 0. The van der Waals surface area contributed by atoms with E-state index in [2.05, 4.69) is 10.1 Å². The first-order valence-corrected chi connectivity index (χ1v) is 5.94. The highest BCUT2D eigenvalue weighted by Gasteiger charge is 2.35. The van der Waals surface area contributed by atoms with Gasteiger partial charge < -0.3 is 15.0 Å². The molecule has 0 aliphatic heterocycles. The largest absolute Gasteiger partial charge is 0.381 e. The van der Waals surface area contributed by atoms with Crippen molar-refractivity contribution in [3.63, 3.8) is 0 Å². The van der Waals surface area contributed by atoms with Gasteiger partial charge in [0.1, 0.15) is 0 Å². The van der Waals surface area contributed by atoms with Crippen LogP contribution in [-0.4, -0.2) is 23.4 Å². The van der Waals surface area contributed by atoms with E-state index in [1.54, 1.807) is 0 Å². The Morgan fingerprint density at radius 1 is 1.41 bits per heavy atom. The molecule has 2 rings (SSSR count). The Labute approximate surface area is 108 Å². The molecule has 0 radical (unpaired) electrons. The van der Waals surface area contributed by atoms with Crippen molar-refractivity contribution in [1.29, 1.82) is 0 Å². The van der Waals surface area contributed by atoms with Crippen LogP contribution >= 0.6 is 12.4 Å². The molecule has 0 unspecified atom stereocenters. The third kappa shape index (κ3) is 3.40. The Balaban J connectivity index is 0.00000144. The monoisotopic (exact) mass is 261 g/mol. The molecule has 1 fully saturated rings. The quantitative estimate of drug-likeness (QED) is 0.818. The van der Waals surface area contributed by atoms with Crippen LogP contribution in [0.4, 0.5) is 0 Å². The summed E-state index contributed by atoms with van der Waals surface area (Å²) in [6.45, 7) is 3.30. The Kier molecular flexibility index (Phi) is 5.36. The van der Waals surface area contributed by atoms with Crippen LogP contribution in [0.25, 0.3) is 0 Å². The maximum Gasteiger partial charge on any atom is 0.229 e. The summed E-state index contributed by atoms with van der Waals surface area (Å²) in [5.74, 6) is 1.29. The predicted octanol–water partition coefficient (Wildman–Crippen LogP) is 1.80. The number of nitrogens with zero attached hydrogens (tertiary/aromatic N) is 2. The van der Waals surface area contributed by atoms with E-state index in [0.29, 0.717) is 31.3 Å². The van der Waals surface area contributed by atoms with Crippen LogP contribution in [0.2, 0.25) is 0 Å². The number of nitrogens with two attached hydrogens (primary N) is 1. The summed E-state index contributed by atoms with van der Waals surface area (Å²) < 4.78 is 10.4. The van der Waals surface area contributed by atoms with Gasteiger partial charge in [-0.15, -0.1) is 12.4 Å². The minimum Gasteiger partial charge on any atom is -0.381 e. The smallest absolute Gasteiger partial charge is 0.229 e. The molecule has 0 bridgehead atoms. The van der Waals surface area contributed by atoms with E-state index in [4.69, 9.17) is 15.0 Å². The van der Waals surface area contributed by atoms with Gasteiger partial charge in [-0.3, -0.25) is 0 Å². The van der Waals surface area contributed by atoms with Crippen molar-refractivity contribution < 1.29 is 9.26 Å². The van der Waals surface area contributed by atoms with Crippen molar-refractivity contribution in [2.75, 3.05) is 13.2 Å². The molecule has 1 saturated carbocycles. The highest BCUT2D eigenvalue weighted by molar-refractivity contribution is 5.85. The summed E-state index contributed by atoms with van der Waals surface area (Å²) in [7, 11) is 0. The van der Waals surface area contributed by atoms with Gasteiger partial charge in [0.2, 0.25) is 5.89 Å². The molecule has 98 valence electrons. The van der Waals surface area contributed by atoms with Gasteiger partial charge in [0.25, 0.3) is 0 Å². The molecule has 0 amide bonds. The van der Waals surface area contributed by atoms with E-state index in [1.807, 2.05) is 6.92 Å². The molecule has 1 aromatic heterocycles. The first-order chi connectivity index (χ1) is 7.74. The minimum atomic E-state index is -0.354. The number of hydrogen-bond acceptors (Lipinski definition) is 5. The summed E-state index contributed by atoms with van der Waals surface area (Å²) in [4.78, 5) is 4.35. The molecular weight excluding hydrogens is 242 g/mol. The Morgan fingerprint density at radius 3 is 2.76 bits per heavy atom. The Morgan fingerprint density at radius 2 is 2.12 bits per heavy atom. The van der Waals surface area contributed by atoms with Gasteiger partial charge in [-0.25, -0.2) is 0 Å². The number of hydrogen-bond donors (Lipinski definition) is 1. The zero-order valence-electron chi connectivity index (χ0n) is 10.1. The Hall–Kier alpha value is -0.650. The standard InChI is InChI=1S/C11H19N3O2.ClH/c1-2-15-8-5-9-13-10(14-16-9)11(12)6-3-4-7-11;/h2-8,12H2,1H3;1H. The van der Waals surface area contributed by atoms with Crippen LogP contribution in [0.15, 0.2) is 4.52 Å². The van der Waals surface area contributed by atoms with E-state index in [1.165, 1.54) is 0 Å². The van der Waals surface area contributed by atoms with Gasteiger partial charge >= 0.3 is 0 Å². The lowest BCUT2D eigenvalue weighted by atomic mass is 9.99. The average molecular weight is 262 g/mol. The highest BCUT2D eigenvalue weighted by atomic mass is 35.5. The van der Waals surface area contributed by atoms with Gasteiger partial charge in [0.05, 0.1) is 18.6 Å². The van der Waals surface area contributed by atoms with E-state index >= 15 is 0 Å². The molecule has 1 aliphatic carbocycles. The maximum absolute atomic E-state index is 6.23. The molecular formula is C11H20ClN3O2. The first kappa shape index (κ1) is 14.4. The van der Waals surface area contributed by atoms with Crippen LogP contribution in [0.3, 0.4) is 0 Å². The molecule has 0 aromatic carbocycles. The number of halogens is 1. The second-order valence-corrected chi connectivity index (χ2v) is 4.32. The number of rotatable bonds is 5. The molecule has 6 heteroatoms. The topological polar surface area (TPSA) is 74.2 Å². The van der Waals surface area contributed by atoms with Crippen molar-refractivity contribution in [2.45, 2.75) is 44.6 Å². The molecule has 1 aromatic rings. The molecule has 1 aliphatic rings. The molecule has 1 heterocycles. The predicted molar refractivity (Wildman–Crippen MR) is 66.1 cm³/mol. The van der Waals surface area contributed by atoms with Gasteiger partial charge in [0.15, 0.2) is 5.82 Å². The van der Waals surface area contributed by atoms with Crippen molar-refractivity contribution >= 4 is 12.4 Å². The maximum atomic E-state index is 6.23. The van der Waals surface area contributed by atoms with Gasteiger partial charge in [0, 0.05) is 6.61 Å². The SMILES string of the molecule is CCOCCc1nc(C2(N)CCCC2)no1.Cl. The third-order valence-corrected chi connectivity index (χ3v) is 3.07. The van der Waals surface area contributed by atoms with E-state index < -0.39 is 0 Å². The second kappa shape index (κ2) is 6.33. The zero-order chi connectivity index (χ0) is 11.4. The van der Waals surface area contributed by atoms with Gasteiger partial charge in [-0.05, 0) is 19.8 Å². The average Bonchev–Trinajstić information content (AvgIpc) is 2.88. The summed E-state index contributed by atoms with van der Waals surface area (Å²) in [6, 6.07) is 0. The second-order valence-electron chi connectivity index (χ2n) is 4.32. The fourth-order valence-corrected chi connectivity index (χ4v) is 2.09. The van der Waals surface area contributed by atoms with Crippen molar-refractivity contribution in [3.05, 3.63) is 11.7 Å². The molecule has 2 N–H and O–H groups in total. The van der Waals surface area contributed by atoms with Crippen LogP contribution < -0.4 is 5.73 Å². The lowest BCUT2D eigenvalue weighted by molar-refractivity contribution is 0.144. The number of aromatic nitrogens is 2. The molecule has 0 spiro atoms. The van der Waals surface area contributed by atoms with Crippen LogP contribution in [0, 0.1) is 0 Å². The highest BCUT2D eigenvalue weighted by Crippen LogP contribution is 2.34. The van der Waals surface area contributed by atoms with Gasteiger partial charge in [-0.1, -0.05) is 18.0 Å². The van der Waals surface area contributed by atoms with E-state index in [0.717, 1.165) is 25.7 Å². The summed E-state index contributed by atoms with van der Waals surface area (Å²) in [5, 5.41) is 3.98. The molecule has 0 saturated heterocycles. The Bertz CT molecular complexity index is 337. The minimum absolute atomic E-state index is 0. The summed E-state index contributed by atoms with van der Waals surface area (Å²) in [5.41, 5.74) is 5.88. The van der Waals surface area contributed by atoms with E-state index in [-0.39, 0.29) is 17.9 Å². The molecule has 0 atom stereocenters. The van der Waals surface area contributed by atoms with Crippen molar-refractivity contribution in [2.24, 2.45) is 5.73 Å². The van der Waals surface area contributed by atoms with Crippen molar-refractivity contribution in [3.8, 4) is 0 Å². The lowest BCUT2D eigenvalue weighted by Gasteiger charge is -2.17. The fourth-order valence-electron chi connectivity index (χ4n) is 2.09. The lowest BCUT2D eigenvalue weighted by Crippen LogP contribution is -2.34.